The number of aromatic nitrogens is 2. The average Bonchev–Trinajstić information content (AvgIpc) is 3.15. The number of amides is 2. The van der Waals surface area contributed by atoms with Crippen LogP contribution in [-0.2, 0) is 16.6 Å². The van der Waals surface area contributed by atoms with Crippen molar-refractivity contribution in [3.05, 3.63) is 36.0 Å². The van der Waals surface area contributed by atoms with Crippen LogP contribution in [0.1, 0.15) is 36.2 Å². The van der Waals surface area contributed by atoms with Gasteiger partial charge in [-0.1, -0.05) is 12.1 Å². The Balaban J connectivity index is 1.45. The number of ether oxygens (including phenoxy) is 2. The van der Waals surface area contributed by atoms with Crippen LogP contribution in [0, 0.1) is 11.8 Å². The molecular formula is C23H30N4O4. The maximum absolute atomic E-state index is 13.0. The van der Waals surface area contributed by atoms with E-state index in [9.17, 15) is 9.59 Å². The number of para-hydroxylation sites is 1. The fraction of sp³-hybridized carbons (Fsp3) is 0.522. The molecule has 1 saturated carbocycles. The zero-order valence-electron chi connectivity index (χ0n) is 18.3. The highest BCUT2D eigenvalue weighted by Crippen LogP contribution is 2.36. The van der Waals surface area contributed by atoms with Crippen LogP contribution in [0.15, 0.2) is 30.3 Å². The van der Waals surface area contributed by atoms with Gasteiger partial charge in [-0.2, -0.15) is 5.10 Å². The molecular weight excluding hydrogens is 396 g/mol. The third-order valence-electron chi connectivity index (χ3n) is 6.51. The summed E-state index contributed by atoms with van der Waals surface area (Å²) in [5, 5.41) is 10.8. The fourth-order valence-electron chi connectivity index (χ4n) is 5.03. The van der Waals surface area contributed by atoms with Crippen LogP contribution in [0.2, 0.25) is 0 Å². The molecule has 4 atom stereocenters. The summed E-state index contributed by atoms with van der Waals surface area (Å²) < 4.78 is 12.3. The predicted octanol–water partition coefficient (Wildman–Crippen LogP) is 2.15. The maximum atomic E-state index is 13.0. The highest BCUT2D eigenvalue weighted by atomic mass is 16.5. The number of hydrogen-bond donors (Lipinski definition) is 2. The predicted molar refractivity (Wildman–Crippen MR) is 116 cm³/mol. The molecule has 8 nitrogen and oxygen atoms in total. The van der Waals surface area contributed by atoms with E-state index in [4.69, 9.17) is 9.47 Å². The summed E-state index contributed by atoms with van der Waals surface area (Å²) in [4.78, 5) is 25.1. The van der Waals surface area contributed by atoms with Crippen LogP contribution in [0.4, 0.5) is 0 Å². The largest absolute Gasteiger partial charge is 0.496 e. The standard InChI is InChI=1S/C23H30N4O4/c1-27-20(12-19(26-27)17-6-4-5-7-21(17)31-3)23(29)24-15-8-9-16-14(13-30-2)10-22(28)25-18(16)11-15/h4-7,12,14-16,18H,8-11,13H2,1-3H3,(H,24,29)(H,25,28). The highest BCUT2D eigenvalue weighted by Gasteiger charge is 2.41. The molecule has 0 spiro atoms. The van der Waals surface area contributed by atoms with E-state index >= 15 is 0 Å². The van der Waals surface area contributed by atoms with Crippen molar-refractivity contribution in [3.63, 3.8) is 0 Å². The molecule has 31 heavy (non-hydrogen) atoms. The van der Waals surface area contributed by atoms with Crippen LogP contribution in [0.25, 0.3) is 11.3 Å². The van der Waals surface area contributed by atoms with Gasteiger partial charge in [0.15, 0.2) is 0 Å². The zero-order valence-corrected chi connectivity index (χ0v) is 18.3. The second-order valence-corrected chi connectivity index (χ2v) is 8.48. The Bertz CT molecular complexity index is 957. The van der Waals surface area contributed by atoms with Gasteiger partial charge in [-0.05, 0) is 49.3 Å². The number of nitrogens with one attached hydrogen (secondary N) is 2. The monoisotopic (exact) mass is 426 g/mol. The summed E-state index contributed by atoms with van der Waals surface area (Å²) in [7, 11) is 5.06. The fourth-order valence-corrected chi connectivity index (χ4v) is 5.03. The molecule has 1 aliphatic heterocycles. The Morgan fingerprint density at radius 1 is 1.29 bits per heavy atom. The SMILES string of the molecule is COCC1CC(=O)NC2CC(NC(=O)c3cc(-c4ccccc4OC)nn3C)CCC12. The van der Waals surface area contributed by atoms with Crippen molar-refractivity contribution in [1.82, 2.24) is 20.4 Å². The minimum absolute atomic E-state index is 0.0138. The average molecular weight is 427 g/mol. The number of aryl methyl sites for hydroxylation is 1. The van der Waals surface area contributed by atoms with Crippen molar-refractivity contribution >= 4 is 11.8 Å². The van der Waals surface area contributed by atoms with E-state index in [1.165, 1.54) is 0 Å². The molecule has 4 unspecified atom stereocenters. The van der Waals surface area contributed by atoms with Crippen molar-refractivity contribution < 1.29 is 19.1 Å². The molecule has 1 aromatic carbocycles. The van der Waals surface area contributed by atoms with Crippen LogP contribution in [-0.4, -0.2) is 54.5 Å². The van der Waals surface area contributed by atoms with Crippen molar-refractivity contribution in [2.24, 2.45) is 18.9 Å². The lowest BCUT2D eigenvalue weighted by atomic mass is 9.71. The molecule has 2 N–H and O–H groups in total. The molecule has 0 radical (unpaired) electrons. The number of carbonyl (C=O) groups is 2. The molecule has 2 heterocycles. The Morgan fingerprint density at radius 3 is 2.87 bits per heavy atom. The molecule has 2 aliphatic rings. The first-order valence-electron chi connectivity index (χ1n) is 10.8. The number of hydrogen-bond acceptors (Lipinski definition) is 5. The first-order chi connectivity index (χ1) is 15.0. The normalized spacial score (nSPS) is 25.5. The molecule has 4 rings (SSSR count). The van der Waals surface area contributed by atoms with Gasteiger partial charge in [-0.3, -0.25) is 14.3 Å². The number of piperidine rings is 1. The second kappa shape index (κ2) is 9.09. The van der Waals surface area contributed by atoms with E-state index in [1.54, 1.807) is 32.0 Å². The lowest BCUT2D eigenvalue weighted by Crippen LogP contribution is -2.56. The first kappa shape index (κ1) is 21.4. The van der Waals surface area contributed by atoms with E-state index in [2.05, 4.69) is 15.7 Å². The molecule has 166 valence electrons. The zero-order chi connectivity index (χ0) is 22.0. The van der Waals surface area contributed by atoms with Gasteiger partial charge in [0.05, 0.1) is 12.8 Å². The summed E-state index contributed by atoms with van der Waals surface area (Å²) in [6.07, 6.45) is 3.11. The van der Waals surface area contributed by atoms with Gasteiger partial charge >= 0.3 is 0 Å². The molecule has 2 aromatic rings. The van der Waals surface area contributed by atoms with Crippen molar-refractivity contribution in [3.8, 4) is 17.0 Å². The molecule has 1 aliphatic carbocycles. The Hall–Kier alpha value is -2.87. The van der Waals surface area contributed by atoms with Gasteiger partial charge in [-0.15, -0.1) is 0 Å². The minimum Gasteiger partial charge on any atom is -0.496 e. The molecule has 1 aromatic heterocycles. The molecule has 1 saturated heterocycles. The molecule has 2 fully saturated rings. The van der Waals surface area contributed by atoms with Crippen molar-refractivity contribution in [2.45, 2.75) is 37.8 Å². The third kappa shape index (κ3) is 4.44. The van der Waals surface area contributed by atoms with E-state index < -0.39 is 0 Å². The van der Waals surface area contributed by atoms with Crippen LogP contribution in [0.5, 0.6) is 5.75 Å². The lowest BCUT2D eigenvalue weighted by Gasteiger charge is -2.43. The van der Waals surface area contributed by atoms with Gasteiger partial charge < -0.3 is 20.1 Å². The van der Waals surface area contributed by atoms with E-state index in [0.717, 1.165) is 24.8 Å². The second-order valence-electron chi connectivity index (χ2n) is 8.48. The Labute approximate surface area is 182 Å². The number of fused-ring (bicyclic) bond motifs is 1. The van der Waals surface area contributed by atoms with Gasteiger partial charge in [0, 0.05) is 44.8 Å². The van der Waals surface area contributed by atoms with E-state index in [0.29, 0.717) is 36.1 Å². The summed E-state index contributed by atoms with van der Waals surface area (Å²) in [6, 6.07) is 9.49. The number of methoxy groups -OCH3 is 2. The summed E-state index contributed by atoms with van der Waals surface area (Å²) in [5.74, 6) is 1.28. The Morgan fingerprint density at radius 2 is 2.10 bits per heavy atom. The van der Waals surface area contributed by atoms with E-state index in [1.807, 2.05) is 24.3 Å². The quantitative estimate of drug-likeness (QED) is 0.738. The summed E-state index contributed by atoms with van der Waals surface area (Å²) in [5.41, 5.74) is 2.03. The number of carbonyl (C=O) groups excluding carboxylic acids is 2. The Kier molecular flexibility index (Phi) is 6.27. The number of nitrogens with zero attached hydrogens (tertiary/aromatic N) is 2. The van der Waals surface area contributed by atoms with Gasteiger partial charge in [0.2, 0.25) is 5.91 Å². The smallest absolute Gasteiger partial charge is 0.269 e. The van der Waals surface area contributed by atoms with Gasteiger partial charge in [0.1, 0.15) is 11.4 Å². The third-order valence-corrected chi connectivity index (χ3v) is 6.51. The van der Waals surface area contributed by atoms with Crippen molar-refractivity contribution in [1.29, 1.82) is 0 Å². The van der Waals surface area contributed by atoms with Crippen LogP contribution < -0.4 is 15.4 Å². The number of benzene rings is 1. The molecule has 2 amide bonds. The van der Waals surface area contributed by atoms with Crippen molar-refractivity contribution in [2.75, 3.05) is 20.8 Å². The minimum atomic E-state index is -0.157. The number of rotatable bonds is 6. The van der Waals surface area contributed by atoms with Crippen LogP contribution >= 0.6 is 0 Å². The molecule has 8 heteroatoms. The van der Waals surface area contributed by atoms with Gasteiger partial charge in [-0.25, -0.2) is 0 Å². The first-order valence-corrected chi connectivity index (χ1v) is 10.8. The van der Waals surface area contributed by atoms with Gasteiger partial charge in [0.25, 0.3) is 5.91 Å². The van der Waals surface area contributed by atoms with E-state index in [-0.39, 0.29) is 29.8 Å². The summed E-state index contributed by atoms with van der Waals surface area (Å²) in [6.45, 7) is 0.604. The maximum Gasteiger partial charge on any atom is 0.269 e. The molecule has 0 bridgehead atoms. The lowest BCUT2D eigenvalue weighted by molar-refractivity contribution is -0.128. The van der Waals surface area contributed by atoms with Crippen LogP contribution in [0.3, 0.4) is 0 Å². The highest BCUT2D eigenvalue weighted by molar-refractivity contribution is 5.94. The summed E-state index contributed by atoms with van der Waals surface area (Å²) >= 11 is 0. The topological polar surface area (TPSA) is 94.5 Å².